The van der Waals surface area contributed by atoms with Gasteiger partial charge in [0, 0.05) is 23.5 Å². The van der Waals surface area contributed by atoms with E-state index in [9.17, 15) is 0 Å². The standard InChI is InChI=1S/C15H15N5/c1-10(11-3-2-6-17-8-11)20-15-13-7-12(16)4-5-14(13)18-9-19-15/h2-10H,16H2,1H3,(H,18,19,20). The van der Waals surface area contributed by atoms with Crippen LogP contribution in [-0.4, -0.2) is 15.0 Å². The number of nitrogens with zero attached hydrogens (tertiary/aromatic N) is 3. The highest BCUT2D eigenvalue weighted by Crippen LogP contribution is 2.25. The number of hydrogen-bond acceptors (Lipinski definition) is 5. The molecule has 0 saturated carbocycles. The van der Waals surface area contributed by atoms with Gasteiger partial charge in [0.1, 0.15) is 12.1 Å². The van der Waals surface area contributed by atoms with E-state index in [4.69, 9.17) is 5.73 Å². The molecule has 0 aliphatic rings. The van der Waals surface area contributed by atoms with Crippen molar-refractivity contribution in [3.05, 3.63) is 54.6 Å². The second-order valence-electron chi connectivity index (χ2n) is 4.65. The van der Waals surface area contributed by atoms with E-state index in [0.29, 0.717) is 5.69 Å². The maximum atomic E-state index is 5.84. The predicted molar refractivity (Wildman–Crippen MR) is 80.2 cm³/mol. The summed E-state index contributed by atoms with van der Waals surface area (Å²) in [6, 6.07) is 9.67. The maximum absolute atomic E-state index is 5.84. The van der Waals surface area contributed by atoms with Crippen LogP contribution in [0.3, 0.4) is 0 Å². The number of hydrogen-bond donors (Lipinski definition) is 2. The topological polar surface area (TPSA) is 76.7 Å². The number of anilines is 2. The molecule has 3 aromatic rings. The van der Waals surface area contributed by atoms with Gasteiger partial charge in [0.25, 0.3) is 0 Å². The first-order chi connectivity index (χ1) is 9.74. The van der Waals surface area contributed by atoms with Crippen LogP contribution in [0.1, 0.15) is 18.5 Å². The van der Waals surface area contributed by atoms with E-state index in [0.717, 1.165) is 22.3 Å². The number of pyridine rings is 1. The number of rotatable bonds is 3. The van der Waals surface area contributed by atoms with Crippen molar-refractivity contribution in [3.63, 3.8) is 0 Å². The van der Waals surface area contributed by atoms with Gasteiger partial charge >= 0.3 is 0 Å². The molecule has 1 aromatic carbocycles. The van der Waals surface area contributed by atoms with Crippen LogP contribution in [-0.2, 0) is 0 Å². The monoisotopic (exact) mass is 265 g/mol. The fourth-order valence-electron chi connectivity index (χ4n) is 2.11. The highest BCUT2D eigenvalue weighted by molar-refractivity contribution is 5.91. The van der Waals surface area contributed by atoms with E-state index >= 15 is 0 Å². The van der Waals surface area contributed by atoms with Crippen molar-refractivity contribution in [1.29, 1.82) is 0 Å². The van der Waals surface area contributed by atoms with Gasteiger partial charge in [-0.25, -0.2) is 9.97 Å². The molecule has 3 N–H and O–H groups in total. The minimum Gasteiger partial charge on any atom is -0.399 e. The third-order valence-electron chi connectivity index (χ3n) is 3.20. The zero-order valence-corrected chi connectivity index (χ0v) is 11.1. The molecule has 100 valence electrons. The number of benzene rings is 1. The molecular weight excluding hydrogens is 250 g/mol. The van der Waals surface area contributed by atoms with Gasteiger partial charge in [0.2, 0.25) is 0 Å². The van der Waals surface area contributed by atoms with Crippen molar-refractivity contribution in [2.75, 3.05) is 11.1 Å². The van der Waals surface area contributed by atoms with Crippen molar-refractivity contribution in [2.45, 2.75) is 13.0 Å². The third-order valence-corrected chi connectivity index (χ3v) is 3.20. The molecule has 1 unspecified atom stereocenters. The molecule has 1 atom stereocenters. The summed E-state index contributed by atoms with van der Waals surface area (Å²) in [5.74, 6) is 0.777. The molecule has 2 aromatic heterocycles. The zero-order valence-electron chi connectivity index (χ0n) is 11.1. The molecule has 20 heavy (non-hydrogen) atoms. The molecular formula is C15H15N5. The highest BCUT2D eigenvalue weighted by Gasteiger charge is 2.09. The number of nitrogens with one attached hydrogen (secondary N) is 1. The molecule has 0 aliphatic carbocycles. The Morgan fingerprint density at radius 2 is 2.10 bits per heavy atom. The Morgan fingerprint density at radius 3 is 2.90 bits per heavy atom. The van der Waals surface area contributed by atoms with Gasteiger partial charge in [0.05, 0.1) is 11.6 Å². The first-order valence-corrected chi connectivity index (χ1v) is 6.41. The minimum absolute atomic E-state index is 0.100. The lowest BCUT2D eigenvalue weighted by Crippen LogP contribution is -2.08. The minimum atomic E-state index is 0.100. The van der Waals surface area contributed by atoms with Gasteiger partial charge < -0.3 is 11.1 Å². The average Bonchev–Trinajstić information content (AvgIpc) is 2.49. The first-order valence-electron chi connectivity index (χ1n) is 6.41. The second kappa shape index (κ2) is 5.13. The Hall–Kier alpha value is -2.69. The van der Waals surface area contributed by atoms with Crippen LogP contribution in [0.25, 0.3) is 10.9 Å². The smallest absolute Gasteiger partial charge is 0.137 e. The highest BCUT2D eigenvalue weighted by atomic mass is 15.0. The molecule has 0 bridgehead atoms. The molecule has 0 saturated heterocycles. The SMILES string of the molecule is CC(Nc1ncnc2ccc(N)cc12)c1cccnc1. The van der Waals surface area contributed by atoms with Crippen LogP contribution in [0.15, 0.2) is 49.1 Å². The molecule has 5 nitrogen and oxygen atoms in total. The molecule has 2 heterocycles. The zero-order chi connectivity index (χ0) is 13.9. The molecule has 0 fully saturated rings. The van der Waals surface area contributed by atoms with E-state index in [2.05, 4.69) is 27.2 Å². The van der Waals surface area contributed by atoms with Crippen molar-refractivity contribution < 1.29 is 0 Å². The lowest BCUT2D eigenvalue weighted by atomic mass is 10.1. The van der Waals surface area contributed by atoms with Gasteiger partial charge in [-0.1, -0.05) is 6.07 Å². The molecule has 3 rings (SSSR count). The van der Waals surface area contributed by atoms with E-state index in [1.54, 1.807) is 12.5 Å². The summed E-state index contributed by atoms with van der Waals surface area (Å²) in [5.41, 5.74) is 8.51. The largest absolute Gasteiger partial charge is 0.399 e. The third kappa shape index (κ3) is 2.38. The first kappa shape index (κ1) is 12.3. The van der Waals surface area contributed by atoms with Crippen LogP contribution in [0.2, 0.25) is 0 Å². The quantitative estimate of drug-likeness (QED) is 0.712. The summed E-state index contributed by atoms with van der Waals surface area (Å²) in [6.45, 7) is 2.07. The summed E-state index contributed by atoms with van der Waals surface area (Å²) in [6.07, 6.45) is 5.16. The van der Waals surface area contributed by atoms with Gasteiger partial charge in [-0.2, -0.15) is 0 Å². The fraction of sp³-hybridized carbons (Fsp3) is 0.133. The Balaban J connectivity index is 1.97. The molecule has 0 spiro atoms. The van der Waals surface area contributed by atoms with Crippen molar-refractivity contribution >= 4 is 22.4 Å². The summed E-state index contributed by atoms with van der Waals surface area (Å²) in [4.78, 5) is 12.7. The van der Waals surface area contributed by atoms with Crippen LogP contribution in [0, 0.1) is 0 Å². The fourth-order valence-corrected chi connectivity index (χ4v) is 2.11. The summed E-state index contributed by atoms with van der Waals surface area (Å²) in [7, 11) is 0. The number of nitrogens with two attached hydrogens (primary N) is 1. The normalized spacial score (nSPS) is 12.2. The van der Waals surface area contributed by atoms with Crippen molar-refractivity contribution in [1.82, 2.24) is 15.0 Å². The van der Waals surface area contributed by atoms with E-state index in [1.807, 2.05) is 36.5 Å². The molecule has 0 amide bonds. The lowest BCUT2D eigenvalue weighted by molar-refractivity contribution is 0.867. The molecule has 0 radical (unpaired) electrons. The average molecular weight is 265 g/mol. The van der Waals surface area contributed by atoms with Crippen molar-refractivity contribution in [2.24, 2.45) is 0 Å². The lowest BCUT2D eigenvalue weighted by Gasteiger charge is -2.15. The summed E-state index contributed by atoms with van der Waals surface area (Å²) in [5, 5.41) is 4.30. The Bertz CT molecular complexity index is 727. The van der Waals surface area contributed by atoms with Gasteiger partial charge in [-0.15, -0.1) is 0 Å². The molecule has 5 heteroatoms. The Kier molecular flexibility index (Phi) is 3.16. The predicted octanol–water partition coefficient (Wildman–Crippen LogP) is 2.78. The van der Waals surface area contributed by atoms with Crippen LogP contribution in [0.5, 0.6) is 0 Å². The number of fused-ring (bicyclic) bond motifs is 1. The van der Waals surface area contributed by atoms with Gasteiger partial charge in [0.15, 0.2) is 0 Å². The summed E-state index contributed by atoms with van der Waals surface area (Å²) < 4.78 is 0. The number of aromatic nitrogens is 3. The summed E-state index contributed by atoms with van der Waals surface area (Å²) >= 11 is 0. The Labute approximate surface area is 116 Å². The van der Waals surface area contributed by atoms with Crippen LogP contribution >= 0.6 is 0 Å². The second-order valence-corrected chi connectivity index (χ2v) is 4.65. The van der Waals surface area contributed by atoms with Crippen LogP contribution < -0.4 is 11.1 Å². The molecule has 0 aliphatic heterocycles. The maximum Gasteiger partial charge on any atom is 0.137 e. The van der Waals surface area contributed by atoms with E-state index in [-0.39, 0.29) is 6.04 Å². The van der Waals surface area contributed by atoms with E-state index in [1.165, 1.54) is 0 Å². The van der Waals surface area contributed by atoms with Gasteiger partial charge in [-0.3, -0.25) is 4.98 Å². The number of nitrogen functional groups attached to an aromatic ring is 1. The van der Waals surface area contributed by atoms with E-state index < -0.39 is 0 Å². The van der Waals surface area contributed by atoms with Crippen molar-refractivity contribution in [3.8, 4) is 0 Å². The van der Waals surface area contributed by atoms with Gasteiger partial charge in [-0.05, 0) is 36.8 Å². The Morgan fingerprint density at radius 1 is 1.20 bits per heavy atom. The van der Waals surface area contributed by atoms with Crippen LogP contribution in [0.4, 0.5) is 11.5 Å².